The lowest BCUT2D eigenvalue weighted by Crippen LogP contribution is -2.43. The number of benzene rings is 1. The normalized spacial score (nSPS) is 22.4. The van der Waals surface area contributed by atoms with E-state index in [0.29, 0.717) is 10.6 Å². The predicted molar refractivity (Wildman–Crippen MR) is 88.0 cm³/mol. The van der Waals surface area contributed by atoms with Gasteiger partial charge in [0.25, 0.3) is 5.91 Å². The van der Waals surface area contributed by atoms with Crippen LogP contribution in [0.1, 0.15) is 41.8 Å². The molecule has 3 rings (SSSR count). The second-order valence-electron chi connectivity index (χ2n) is 5.94. The molecule has 3 nitrogen and oxygen atoms in total. The number of hydrogen-bond donors (Lipinski definition) is 0. The van der Waals surface area contributed by atoms with Crippen LogP contribution in [0, 0.1) is 6.92 Å². The molecule has 1 amide bonds. The lowest BCUT2D eigenvalue weighted by Gasteiger charge is -2.34. The van der Waals surface area contributed by atoms with Crippen molar-refractivity contribution in [2.75, 3.05) is 7.05 Å². The predicted octanol–water partition coefficient (Wildman–Crippen LogP) is 4.52. The molecule has 2 aromatic rings. The largest absolute Gasteiger partial charge is 0.451 e. The molecule has 21 heavy (non-hydrogen) atoms. The molecule has 0 saturated heterocycles. The van der Waals surface area contributed by atoms with Crippen molar-refractivity contribution in [1.29, 1.82) is 0 Å². The number of furan rings is 1. The number of alkyl halides is 1. The number of carbonyl (C=O) groups excluding carboxylic acids is 1. The number of rotatable bonds is 2. The molecular formula is C17H20BrNO2. The highest BCUT2D eigenvalue weighted by molar-refractivity contribution is 9.09. The Morgan fingerprint density at radius 2 is 2.05 bits per heavy atom. The summed E-state index contributed by atoms with van der Waals surface area (Å²) >= 11 is 3.72. The maximum atomic E-state index is 12.7. The average molecular weight is 350 g/mol. The van der Waals surface area contributed by atoms with Crippen LogP contribution in [0.5, 0.6) is 0 Å². The van der Waals surface area contributed by atoms with E-state index in [1.165, 1.54) is 18.4 Å². The van der Waals surface area contributed by atoms with E-state index >= 15 is 0 Å². The first kappa shape index (κ1) is 14.6. The molecule has 0 bridgehead atoms. The van der Waals surface area contributed by atoms with Crippen LogP contribution in [0.2, 0.25) is 0 Å². The van der Waals surface area contributed by atoms with Crippen LogP contribution in [0.3, 0.4) is 0 Å². The second-order valence-corrected chi connectivity index (χ2v) is 7.11. The molecule has 1 fully saturated rings. The lowest BCUT2D eigenvalue weighted by atomic mass is 9.94. The molecule has 1 saturated carbocycles. The monoisotopic (exact) mass is 349 g/mol. The van der Waals surface area contributed by atoms with E-state index in [9.17, 15) is 4.79 Å². The highest BCUT2D eigenvalue weighted by Crippen LogP contribution is 2.29. The molecule has 2 atom stereocenters. The highest BCUT2D eigenvalue weighted by Gasteiger charge is 2.30. The number of nitrogens with zero attached hydrogens (tertiary/aromatic N) is 1. The highest BCUT2D eigenvalue weighted by atomic mass is 79.9. The van der Waals surface area contributed by atoms with Gasteiger partial charge in [-0.2, -0.15) is 0 Å². The number of halogens is 1. The summed E-state index contributed by atoms with van der Waals surface area (Å²) in [5.74, 6) is 0.406. The van der Waals surface area contributed by atoms with E-state index in [4.69, 9.17) is 4.42 Å². The fraction of sp³-hybridized carbons (Fsp3) is 0.471. The van der Waals surface area contributed by atoms with Gasteiger partial charge in [0.05, 0.1) is 0 Å². The molecule has 4 heteroatoms. The fourth-order valence-electron chi connectivity index (χ4n) is 3.09. The van der Waals surface area contributed by atoms with Crippen molar-refractivity contribution >= 4 is 32.8 Å². The van der Waals surface area contributed by atoms with Crippen LogP contribution in [-0.2, 0) is 0 Å². The maximum Gasteiger partial charge on any atom is 0.289 e. The SMILES string of the molecule is Cc1ccc2oc(C(=O)N(C)C3CCCCC3Br)cc2c1. The van der Waals surface area contributed by atoms with Crippen LogP contribution in [0.4, 0.5) is 0 Å². The zero-order valence-corrected chi connectivity index (χ0v) is 14.0. The lowest BCUT2D eigenvalue weighted by molar-refractivity contribution is 0.0675. The summed E-state index contributed by atoms with van der Waals surface area (Å²) in [6.45, 7) is 2.04. The smallest absolute Gasteiger partial charge is 0.289 e. The van der Waals surface area contributed by atoms with Gasteiger partial charge in [0.1, 0.15) is 5.58 Å². The summed E-state index contributed by atoms with van der Waals surface area (Å²) in [4.78, 5) is 14.9. The molecule has 1 aliphatic rings. The van der Waals surface area contributed by atoms with Gasteiger partial charge >= 0.3 is 0 Å². The minimum absolute atomic E-state index is 0.0276. The number of fused-ring (bicyclic) bond motifs is 1. The second kappa shape index (κ2) is 5.84. The molecule has 0 radical (unpaired) electrons. The number of hydrogen-bond acceptors (Lipinski definition) is 2. The average Bonchev–Trinajstić information content (AvgIpc) is 2.89. The Kier molecular flexibility index (Phi) is 4.07. The molecule has 1 heterocycles. The minimum Gasteiger partial charge on any atom is -0.451 e. The Labute approximate surface area is 133 Å². The zero-order valence-electron chi connectivity index (χ0n) is 12.4. The van der Waals surface area contributed by atoms with Crippen LogP contribution >= 0.6 is 15.9 Å². The maximum absolute atomic E-state index is 12.7. The Bertz CT molecular complexity index is 664. The third-order valence-electron chi connectivity index (χ3n) is 4.35. The van der Waals surface area contributed by atoms with Gasteiger partial charge in [-0.15, -0.1) is 0 Å². The summed E-state index contributed by atoms with van der Waals surface area (Å²) in [5.41, 5.74) is 1.94. The topological polar surface area (TPSA) is 33.5 Å². The van der Waals surface area contributed by atoms with Crippen molar-refractivity contribution in [2.24, 2.45) is 0 Å². The first-order valence-electron chi connectivity index (χ1n) is 7.47. The molecule has 0 N–H and O–H groups in total. The van der Waals surface area contributed by atoms with Gasteiger partial charge in [0.2, 0.25) is 0 Å². The summed E-state index contributed by atoms with van der Waals surface area (Å²) in [6.07, 6.45) is 4.60. The molecule has 1 aromatic carbocycles. The molecule has 1 aliphatic carbocycles. The summed E-state index contributed by atoms with van der Waals surface area (Å²) in [7, 11) is 1.88. The van der Waals surface area contributed by atoms with Crippen LogP contribution in [0.15, 0.2) is 28.7 Å². The molecule has 1 aromatic heterocycles. The van der Waals surface area contributed by atoms with Crippen LogP contribution in [-0.4, -0.2) is 28.7 Å². The van der Waals surface area contributed by atoms with E-state index < -0.39 is 0 Å². The first-order chi connectivity index (χ1) is 10.1. The summed E-state index contributed by atoms with van der Waals surface area (Å²) in [5, 5.41) is 0.991. The number of aryl methyl sites for hydroxylation is 1. The summed E-state index contributed by atoms with van der Waals surface area (Å²) in [6, 6.07) is 8.08. The number of carbonyl (C=O) groups is 1. The van der Waals surface area contributed by atoms with E-state index in [-0.39, 0.29) is 11.9 Å². The number of amides is 1. The molecule has 0 spiro atoms. The Morgan fingerprint density at radius 3 is 2.81 bits per heavy atom. The van der Waals surface area contributed by atoms with Crippen molar-refractivity contribution in [1.82, 2.24) is 4.90 Å². The molecule has 112 valence electrons. The van der Waals surface area contributed by atoms with Gasteiger partial charge in [0, 0.05) is 23.3 Å². The summed E-state index contributed by atoms with van der Waals surface area (Å²) < 4.78 is 5.73. The van der Waals surface area contributed by atoms with Crippen molar-refractivity contribution in [3.63, 3.8) is 0 Å². The van der Waals surface area contributed by atoms with E-state index in [1.807, 2.05) is 43.1 Å². The standard InChI is InChI=1S/C17H20BrNO2/c1-11-7-8-15-12(9-11)10-16(21-15)17(20)19(2)14-6-4-3-5-13(14)18/h7-10,13-14H,3-6H2,1-2H3. The Morgan fingerprint density at radius 1 is 1.29 bits per heavy atom. The molecule has 2 unspecified atom stereocenters. The fourth-order valence-corrected chi connectivity index (χ4v) is 4.04. The minimum atomic E-state index is -0.0276. The van der Waals surface area contributed by atoms with Crippen molar-refractivity contribution in [3.8, 4) is 0 Å². The third-order valence-corrected chi connectivity index (χ3v) is 5.42. The van der Waals surface area contributed by atoms with Gasteiger partial charge < -0.3 is 9.32 Å². The first-order valence-corrected chi connectivity index (χ1v) is 8.39. The van der Waals surface area contributed by atoms with Gasteiger partial charge in [-0.1, -0.05) is 40.4 Å². The van der Waals surface area contributed by atoms with Crippen LogP contribution in [0.25, 0.3) is 11.0 Å². The van der Waals surface area contributed by atoms with Crippen molar-refractivity contribution in [2.45, 2.75) is 43.5 Å². The third kappa shape index (κ3) is 2.86. The van der Waals surface area contributed by atoms with Crippen molar-refractivity contribution < 1.29 is 9.21 Å². The zero-order chi connectivity index (χ0) is 15.0. The van der Waals surface area contributed by atoms with Gasteiger partial charge in [0.15, 0.2) is 5.76 Å². The Balaban J connectivity index is 1.85. The van der Waals surface area contributed by atoms with E-state index in [0.717, 1.165) is 23.8 Å². The van der Waals surface area contributed by atoms with Crippen molar-refractivity contribution in [3.05, 3.63) is 35.6 Å². The Hall–Kier alpha value is -1.29. The quantitative estimate of drug-likeness (QED) is 0.746. The van der Waals surface area contributed by atoms with E-state index in [2.05, 4.69) is 15.9 Å². The van der Waals surface area contributed by atoms with Gasteiger partial charge in [-0.05, 0) is 38.0 Å². The molecule has 0 aliphatic heterocycles. The van der Waals surface area contributed by atoms with Crippen LogP contribution < -0.4 is 0 Å². The van der Waals surface area contributed by atoms with Gasteiger partial charge in [-0.3, -0.25) is 4.79 Å². The molecular weight excluding hydrogens is 330 g/mol. The van der Waals surface area contributed by atoms with E-state index in [1.54, 1.807) is 0 Å². The van der Waals surface area contributed by atoms with Gasteiger partial charge in [-0.25, -0.2) is 0 Å².